The molecule has 0 radical (unpaired) electrons. The second-order valence-corrected chi connectivity index (χ2v) is 3.32. The fraction of sp³-hybridized carbons (Fsp3) is 0.100. The van der Waals surface area contributed by atoms with Crippen molar-refractivity contribution in [2.75, 3.05) is 11.1 Å². The van der Waals surface area contributed by atoms with Gasteiger partial charge in [0, 0.05) is 11.3 Å². The van der Waals surface area contributed by atoms with Crippen molar-refractivity contribution >= 4 is 17.5 Å². The first-order valence-electron chi connectivity index (χ1n) is 4.71. The molecular weight excluding hydrogens is 206 g/mol. The standard InChI is InChI=1S/C10H11N5O/c1-6-12-10(15-14-6)13-9(16)7-3-2-4-8(11)5-7/h2-5H,11H2,1H3,(H2,12,13,14,15,16). The zero-order chi connectivity index (χ0) is 11.5. The zero-order valence-corrected chi connectivity index (χ0v) is 8.69. The molecule has 2 aromatic rings. The minimum atomic E-state index is -0.286. The Labute approximate surface area is 91.9 Å². The fourth-order valence-corrected chi connectivity index (χ4v) is 1.25. The molecule has 0 saturated carbocycles. The van der Waals surface area contributed by atoms with Crippen molar-refractivity contribution in [2.24, 2.45) is 0 Å². The number of anilines is 2. The highest BCUT2D eigenvalue weighted by molar-refractivity contribution is 6.03. The van der Waals surface area contributed by atoms with E-state index in [4.69, 9.17) is 5.73 Å². The Morgan fingerprint density at radius 1 is 1.50 bits per heavy atom. The number of aromatic nitrogens is 3. The molecule has 6 heteroatoms. The van der Waals surface area contributed by atoms with E-state index < -0.39 is 0 Å². The van der Waals surface area contributed by atoms with Gasteiger partial charge < -0.3 is 5.73 Å². The maximum absolute atomic E-state index is 11.7. The number of aromatic amines is 1. The molecule has 0 spiro atoms. The number of H-pyrrole nitrogens is 1. The summed E-state index contributed by atoms with van der Waals surface area (Å²) in [5.41, 5.74) is 6.59. The van der Waals surface area contributed by atoms with E-state index in [9.17, 15) is 4.79 Å². The van der Waals surface area contributed by atoms with E-state index in [1.165, 1.54) is 0 Å². The Bertz CT molecular complexity index is 519. The number of carbonyl (C=O) groups is 1. The summed E-state index contributed by atoms with van der Waals surface area (Å²) in [7, 11) is 0. The molecule has 1 amide bonds. The summed E-state index contributed by atoms with van der Waals surface area (Å²) >= 11 is 0. The van der Waals surface area contributed by atoms with Crippen molar-refractivity contribution in [1.29, 1.82) is 0 Å². The minimum absolute atomic E-state index is 0.255. The van der Waals surface area contributed by atoms with Gasteiger partial charge in [-0.2, -0.15) is 4.98 Å². The van der Waals surface area contributed by atoms with Gasteiger partial charge in [-0.05, 0) is 25.1 Å². The topological polar surface area (TPSA) is 96.7 Å². The Morgan fingerprint density at radius 3 is 2.94 bits per heavy atom. The first-order chi connectivity index (χ1) is 7.65. The molecule has 0 aliphatic heterocycles. The number of aryl methyl sites for hydroxylation is 1. The average molecular weight is 217 g/mol. The van der Waals surface area contributed by atoms with E-state index in [2.05, 4.69) is 20.5 Å². The number of nitrogens with one attached hydrogen (secondary N) is 2. The number of carbonyl (C=O) groups excluding carboxylic acids is 1. The minimum Gasteiger partial charge on any atom is -0.399 e. The number of nitrogen functional groups attached to an aromatic ring is 1. The molecule has 0 aliphatic carbocycles. The van der Waals surface area contributed by atoms with Gasteiger partial charge >= 0.3 is 0 Å². The van der Waals surface area contributed by atoms with Crippen LogP contribution < -0.4 is 11.1 Å². The predicted octanol–water partition coefficient (Wildman–Crippen LogP) is 0.948. The van der Waals surface area contributed by atoms with Gasteiger partial charge in [-0.1, -0.05) is 6.07 Å². The van der Waals surface area contributed by atoms with Gasteiger partial charge in [0.05, 0.1) is 0 Å². The van der Waals surface area contributed by atoms with Crippen LogP contribution in [0.15, 0.2) is 24.3 Å². The lowest BCUT2D eigenvalue weighted by Gasteiger charge is -2.01. The maximum atomic E-state index is 11.7. The van der Waals surface area contributed by atoms with Crippen molar-refractivity contribution in [3.63, 3.8) is 0 Å². The summed E-state index contributed by atoms with van der Waals surface area (Å²) in [5.74, 6) is 0.610. The highest BCUT2D eigenvalue weighted by atomic mass is 16.1. The quantitative estimate of drug-likeness (QED) is 0.652. The van der Waals surface area contributed by atoms with E-state index in [1.807, 2.05) is 0 Å². The summed E-state index contributed by atoms with van der Waals surface area (Å²) in [6.07, 6.45) is 0. The molecule has 82 valence electrons. The van der Waals surface area contributed by atoms with Gasteiger partial charge in [0.25, 0.3) is 5.91 Å². The Hall–Kier alpha value is -2.37. The molecule has 0 atom stereocenters. The zero-order valence-electron chi connectivity index (χ0n) is 8.69. The van der Waals surface area contributed by atoms with Gasteiger partial charge in [-0.25, -0.2) is 0 Å². The molecule has 0 unspecified atom stereocenters. The smallest absolute Gasteiger partial charge is 0.258 e. The lowest BCUT2D eigenvalue weighted by Crippen LogP contribution is -2.13. The molecule has 1 heterocycles. The molecule has 6 nitrogen and oxygen atoms in total. The highest BCUT2D eigenvalue weighted by Crippen LogP contribution is 2.08. The van der Waals surface area contributed by atoms with Crippen molar-refractivity contribution < 1.29 is 4.79 Å². The summed E-state index contributed by atoms with van der Waals surface area (Å²) in [4.78, 5) is 15.7. The first-order valence-corrected chi connectivity index (χ1v) is 4.71. The average Bonchev–Trinajstić information content (AvgIpc) is 2.64. The third-order valence-electron chi connectivity index (χ3n) is 1.97. The molecule has 4 N–H and O–H groups in total. The second kappa shape index (κ2) is 4.01. The van der Waals surface area contributed by atoms with Crippen LogP contribution in [0.25, 0.3) is 0 Å². The van der Waals surface area contributed by atoms with Crippen molar-refractivity contribution in [2.45, 2.75) is 6.92 Å². The van der Waals surface area contributed by atoms with E-state index in [0.29, 0.717) is 17.1 Å². The van der Waals surface area contributed by atoms with Crippen LogP contribution >= 0.6 is 0 Å². The summed E-state index contributed by atoms with van der Waals surface area (Å²) in [6, 6.07) is 6.70. The third kappa shape index (κ3) is 2.17. The molecule has 1 aromatic carbocycles. The highest BCUT2D eigenvalue weighted by Gasteiger charge is 2.08. The van der Waals surface area contributed by atoms with Gasteiger partial charge in [0.2, 0.25) is 5.95 Å². The first kappa shape index (κ1) is 10.2. The molecule has 0 bridgehead atoms. The van der Waals surface area contributed by atoms with Crippen LogP contribution in [0.4, 0.5) is 11.6 Å². The second-order valence-electron chi connectivity index (χ2n) is 3.32. The van der Waals surface area contributed by atoms with Gasteiger partial charge in [0.1, 0.15) is 5.82 Å². The molecule has 0 saturated heterocycles. The molecule has 2 rings (SSSR count). The number of nitrogens with two attached hydrogens (primary N) is 1. The number of nitrogens with zero attached hydrogens (tertiary/aromatic N) is 2. The Balaban J connectivity index is 2.14. The van der Waals surface area contributed by atoms with E-state index >= 15 is 0 Å². The van der Waals surface area contributed by atoms with Crippen molar-refractivity contribution in [3.05, 3.63) is 35.7 Å². The Morgan fingerprint density at radius 2 is 2.31 bits per heavy atom. The van der Waals surface area contributed by atoms with Crippen LogP contribution in [-0.2, 0) is 0 Å². The predicted molar refractivity (Wildman–Crippen MR) is 59.9 cm³/mol. The van der Waals surface area contributed by atoms with Crippen LogP contribution in [0.3, 0.4) is 0 Å². The van der Waals surface area contributed by atoms with Crippen molar-refractivity contribution in [1.82, 2.24) is 15.2 Å². The van der Waals surface area contributed by atoms with E-state index in [0.717, 1.165) is 0 Å². The largest absolute Gasteiger partial charge is 0.399 e. The number of hydrogen-bond donors (Lipinski definition) is 3. The molecule has 16 heavy (non-hydrogen) atoms. The number of amides is 1. The van der Waals surface area contributed by atoms with Gasteiger partial charge in [-0.3, -0.25) is 15.2 Å². The monoisotopic (exact) mass is 217 g/mol. The molecule has 0 aliphatic rings. The lowest BCUT2D eigenvalue weighted by atomic mass is 10.2. The summed E-state index contributed by atoms with van der Waals surface area (Å²) in [6.45, 7) is 1.75. The lowest BCUT2D eigenvalue weighted by molar-refractivity contribution is 0.102. The third-order valence-corrected chi connectivity index (χ3v) is 1.97. The molecule has 1 aromatic heterocycles. The number of rotatable bonds is 2. The molecular formula is C10H11N5O. The number of hydrogen-bond acceptors (Lipinski definition) is 4. The molecule has 0 fully saturated rings. The Kier molecular flexibility index (Phi) is 2.55. The normalized spacial score (nSPS) is 10.1. The summed E-state index contributed by atoms with van der Waals surface area (Å²) in [5, 5.41) is 9.00. The van der Waals surface area contributed by atoms with Crippen LogP contribution in [0.2, 0.25) is 0 Å². The van der Waals surface area contributed by atoms with E-state index in [1.54, 1.807) is 31.2 Å². The SMILES string of the molecule is Cc1nc(NC(=O)c2cccc(N)c2)n[nH]1. The maximum Gasteiger partial charge on any atom is 0.258 e. The van der Waals surface area contributed by atoms with Crippen LogP contribution in [0.5, 0.6) is 0 Å². The van der Waals surface area contributed by atoms with Crippen molar-refractivity contribution in [3.8, 4) is 0 Å². The fourth-order valence-electron chi connectivity index (χ4n) is 1.25. The van der Waals surface area contributed by atoms with Gasteiger partial charge in [0.15, 0.2) is 0 Å². The van der Waals surface area contributed by atoms with Crippen LogP contribution in [0.1, 0.15) is 16.2 Å². The van der Waals surface area contributed by atoms with Crippen LogP contribution in [0, 0.1) is 6.92 Å². The van der Waals surface area contributed by atoms with Gasteiger partial charge in [-0.15, -0.1) is 5.10 Å². The number of benzene rings is 1. The van der Waals surface area contributed by atoms with Crippen LogP contribution in [-0.4, -0.2) is 21.1 Å². The summed E-state index contributed by atoms with van der Waals surface area (Å²) < 4.78 is 0. The van der Waals surface area contributed by atoms with E-state index in [-0.39, 0.29) is 11.9 Å².